The summed E-state index contributed by atoms with van der Waals surface area (Å²) in [6, 6.07) is 11.0. The number of hydrogen-bond donors (Lipinski definition) is 1. The van der Waals surface area contributed by atoms with E-state index in [4.69, 9.17) is 21.6 Å². The summed E-state index contributed by atoms with van der Waals surface area (Å²) in [7, 11) is -1.26. The van der Waals surface area contributed by atoms with Gasteiger partial charge in [0.05, 0.1) is 21.4 Å². The van der Waals surface area contributed by atoms with E-state index in [1.807, 2.05) is 59.0 Å². The second kappa shape index (κ2) is 9.93. The van der Waals surface area contributed by atoms with Gasteiger partial charge in [-0.3, -0.25) is 4.40 Å². The molecule has 1 aliphatic heterocycles. The Kier molecular flexibility index (Phi) is 6.79. The molecule has 2 aromatic heterocycles. The minimum atomic E-state index is -1.26. The monoisotopic (exact) mass is 579 g/mol. The highest BCUT2D eigenvalue weighted by molar-refractivity contribution is 7.84. The standard InChI is InChI=1S/C31H35ClFN5OS/c1-19-24(7-6-8-25(19)32)27-20(2)35-29(38-14-12-34-28(27)38)37-13-11-31(26(18-37)36-40(39)30(3,4)5)16-21-9-10-23(33)15-22(21)17-31/h6-10,12,14-15,26,36H,11,13,16-18H2,1-5H3/t26?,31?,40-/m1/s1. The highest BCUT2D eigenvalue weighted by Crippen LogP contribution is 2.46. The quantitative estimate of drug-likeness (QED) is 0.312. The highest BCUT2D eigenvalue weighted by Gasteiger charge is 2.48. The fraction of sp³-hybridized carbons (Fsp3) is 0.419. The maximum Gasteiger partial charge on any atom is 0.211 e. The minimum absolute atomic E-state index is 0.0766. The maximum absolute atomic E-state index is 14.1. The molecule has 210 valence electrons. The van der Waals surface area contributed by atoms with Gasteiger partial charge in [-0.1, -0.05) is 29.8 Å². The van der Waals surface area contributed by atoms with E-state index in [9.17, 15) is 8.60 Å². The van der Waals surface area contributed by atoms with Crippen LogP contribution in [-0.2, 0) is 23.8 Å². The van der Waals surface area contributed by atoms with Gasteiger partial charge >= 0.3 is 0 Å². The molecule has 3 heterocycles. The van der Waals surface area contributed by atoms with Crippen LogP contribution in [0.1, 0.15) is 49.6 Å². The summed E-state index contributed by atoms with van der Waals surface area (Å²) in [6.45, 7) is 11.4. The Morgan fingerprint density at radius 3 is 2.70 bits per heavy atom. The predicted octanol–water partition coefficient (Wildman–Crippen LogP) is 6.22. The van der Waals surface area contributed by atoms with E-state index in [0.717, 1.165) is 65.4 Å². The summed E-state index contributed by atoms with van der Waals surface area (Å²) in [5, 5.41) is 0.713. The first-order valence-electron chi connectivity index (χ1n) is 13.8. The third-order valence-corrected chi connectivity index (χ3v) is 10.6. The average Bonchev–Trinajstić information content (AvgIpc) is 3.51. The van der Waals surface area contributed by atoms with Crippen molar-refractivity contribution in [3.8, 4) is 11.1 Å². The molecule has 0 amide bonds. The molecule has 0 saturated carbocycles. The van der Waals surface area contributed by atoms with Crippen molar-refractivity contribution in [2.45, 2.75) is 64.7 Å². The lowest BCUT2D eigenvalue weighted by molar-refractivity contribution is 0.181. The molecule has 0 bridgehead atoms. The smallest absolute Gasteiger partial charge is 0.211 e. The van der Waals surface area contributed by atoms with Crippen LogP contribution in [0.4, 0.5) is 10.3 Å². The van der Waals surface area contributed by atoms with Crippen LogP contribution in [0.5, 0.6) is 0 Å². The molecule has 2 unspecified atom stereocenters. The van der Waals surface area contributed by atoms with Crippen LogP contribution in [0, 0.1) is 25.1 Å². The number of benzene rings is 2. The Balaban J connectivity index is 1.39. The zero-order chi connectivity index (χ0) is 28.4. The summed E-state index contributed by atoms with van der Waals surface area (Å²) >= 11 is 6.48. The van der Waals surface area contributed by atoms with Crippen molar-refractivity contribution >= 4 is 34.2 Å². The molecule has 3 atom stereocenters. The largest absolute Gasteiger partial charge is 0.340 e. The lowest BCUT2D eigenvalue weighted by Crippen LogP contribution is -2.60. The van der Waals surface area contributed by atoms with Crippen molar-refractivity contribution < 1.29 is 8.60 Å². The number of imidazole rings is 1. The van der Waals surface area contributed by atoms with Gasteiger partial charge in [0.1, 0.15) is 11.5 Å². The second-order valence-electron chi connectivity index (χ2n) is 12.3. The summed E-state index contributed by atoms with van der Waals surface area (Å²) in [4.78, 5) is 12.1. The van der Waals surface area contributed by atoms with Crippen molar-refractivity contribution in [1.82, 2.24) is 19.1 Å². The van der Waals surface area contributed by atoms with Crippen molar-refractivity contribution in [1.29, 1.82) is 0 Å². The number of piperidine rings is 1. The van der Waals surface area contributed by atoms with Crippen LogP contribution >= 0.6 is 11.6 Å². The van der Waals surface area contributed by atoms with E-state index >= 15 is 0 Å². The Morgan fingerprint density at radius 2 is 1.93 bits per heavy atom. The molecular formula is C31H35ClFN5OS. The number of aromatic nitrogens is 3. The average molecular weight is 580 g/mol. The number of rotatable bonds is 4. The van der Waals surface area contributed by atoms with Gasteiger partial charge in [-0.15, -0.1) is 0 Å². The molecule has 6 rings (SSSR count). The molecule has 1 fully saturated rings. The number of halogens is 2. The molecule has 1 saturated heterocycles. The van der Waals surface area contributed by atoms with Gasteiger partial charge in [0, 0.05) is 42.1 Å². The van der Waals surface area contributed by atoms with E-state index < -0.39 is 15.7 Å². The summed E-state index contributed by atoms with van der Waals surface area (Å²) in [5.41, 5.74) is 6.81. The first-order valence-corrected chi connectivity index (χ1v) is 15.3. The van der Waals surface area contributed by atoms with Crippen molar-refractivity contribution in [2.24, 2.45) is 5.41 Å². The molecule has 1 N–H and O–H groups in total. The van der Waals surface area contributed by atoms with E-state index in [0.29, 0.717) is 11.6 Å². The first kappa shape index (κ1) is 27.4. The minimum Gasteiger partial charge on any atom is -0.340 e. The third-order valence-electron chi connectivity index (χ3n) is 8.61. The number of nitrogens with one attached hydrogen (secondary N) is 1. The van der Waals surface area contributed by atoms with Gasteiger partial charge in [0.15, 0.2) is 0 Å². The SMILES string of the molecule is Cc1nc(N2CCC3(Cc4ccc(F)cc4C3)C(N[S@](=O)C(C)(C)C)C2)n2ccnc2c1-c1cccc(Cl)c1C. The molecular weight excluding hydrogens is 545 g/mol. The molecule has 0 radical (unpaired) electrons. The molecule has 2 aliphatic rings. The van der Waals surface area contributed by atoms with Gasteiger partial charge in [0.25, 0.3) is 0 Å². The second-order valence-corrected chi connectivity index (χ2v) is 14.7. The van der Waals surface area contributed by atoms with E-state index in [-0.39, 0.29) is 17.3 Å². The summed E-state index contributed by atoms with van der Waals surface area (Å²) < 4.78 is 32.7. The lowest BCUT2D eigenvalue weighted by Gasteiger charge is -2.47. The molecule has 6 nitrogen and oxygen atoms in total. The Bertz CT molecular complexity index is 1650. The Labute approximate surface area is 242 Å². The van der Waals surface area contributed by atoms with Crippen LogP contribution in [-0.4, -0.2) is 42.5 Å². The van der Waals surface area contributed by atoms with Crippen LogP contribution in [0.3, 0.4) is 0 Å². The summed E-state index contributed by atoms with van der Waals surface area (Å²) in [6.07, 6.45) is 6.24. The van der Waals surface area contributed by atoms with Gasteiger partial charge in [0.2, 0.25) is 5.95 Å². The van der Waals surface area contributed by atoms with Crippen molar-refractivity contribution in [3.63, 3.8) is 0 Å². The van der Waals surface area contributed by atoms with E-state index in [1.165, 1.54) is 5.56 Å². The number of nitrogens with zero attached hydrogens (tertiary/aromatic N) is 4. The first-order chi connectivity index (χ1) is 19.0. The fourth-order valence-electron chi connectivity index (χ4n) is 6.35. The molecule has 4 aromatic rings. The molecule has 2 aromatic carbocycles. The van der Waals surface area contributed by atoms with Gasteiger partial charge in [-0.2, -0.15) is 0 Å². The number of aryl methyl sites for hydroxylation is 1. The normalized spacial score (nSPS) is 21.8. The van der Waals surface area contributed by atoms with Gasteiger partial charge in [-0.05, 0) is 99.7 Å². The molecule has 40 heavy (non-hydrogen) atoms. The highest BCUT2D eigenvalue weighted by atomic mass is 35.5. The molecule has 9 heteroatoms. The number of anilines is 1. The van der Waals surface area contributed by atoms with Crippen molar-refractivity contribution in [3.05, 3.63) is 82.0 Å². The molecule has 1 spiro atoms. The van der Waals surface area contributed by atoms with Crippen LogP contribution in [0.25, 0.3) is 16.8 Å². The lowest BCUT2D eigenvalue weighted by atomic mass is 9.72. The van der Waals surface area contributed by atoms with Crippen molar-refractivity contribution in [2.75, 3.05) is 18.0 Å². The van der Waals surface area contributed by atoms with Gasteiger partial charge in [-0.25, -0.2) is 23.3 Å². The van der Waals surface area contributed by atoms with Crippen LogP contribution < -0.4 is 9.62 Å². The van der Waals surface area contributed by atoms with Gasteiger partial charge < -0.3 is 4.90 Å². The van der Waals surface area contributed by atoms with E-state index in [1.54, 1.807) is 18.3 Å². The molecule has 1 aliphatic carbocycles. The fourth-order valence-corrected chi connectivity index (χ4v) is 7.46. The third kappa shape index (κ3) is 4.64. The number of fused-ring (bicyclic) bond motifs is 2. The summed E-state index contributed by atoms with van der Waals surface area (Å²) in [5.74, 6) is 0.617. The van der Waals surface area contributed by atoms with Crippen LogP contribution in [0.15, 0.2) is 48.8 Å². The topological polar surface area (TPSA) is 62.5 Å². The van der Waals surface area contributed by atoms with E-state index in [2.05, 4.69) is 20.1 Å². The zero-order valence-corrected chi connectivity index (χ0v) is 25.2. The van der Waals surface area contributed by atoms with Crippen LogP contribution in [0.2, 0.25) is 5.02 Å². The maximum atomic E-state index is 14.1. The zero-order valence-electron chi connectivity index (χ0n) is 23.6. The Morgan fingerprint density at radius 1 is 1.15 bits per heavy atom. The predicted molar refractivity (Wildman–Crippen MR) is 161 cm³/mol. The number of hydrogen-bond acceptors (Lipinski definition) is 4. The Hall–Kier alpha value is -2.81.